The van der Waals surface area contributed by atoms with Gasteiger partial charge in [0.05, 0.1) is 13.2 Å². The Morgan fingerprint density at radius 2 is 1.96 bits per heavy atom. The van der Waals surface area contributed by atoms with Gasteiger partial charge in [-0.25, -0.2) is 9.59 Å². The second-order valence-corrected chi connectivity index (χ2v) is 6.00. The van der Waals surface area contributed by atoms with Crippen LogP contribution >= 0.6 is 11.6 Å². The lowest BCUT2D eigenvalue weighted by molar-refractivity contribution is 0.0366. The molecule has 0 bridgehead atoms. The molecule has 1 rings (SSSR count). The summed E-state index contributed by atoms with van der Waals surface area (Å²) in [6, 6.07) is 8.89. The molecule has 0 unspecified atom stereocenters. The SMILES string of the molecule is C=C[C@H](OC(=O)OC)[C@@H](CCCCCCl)NC(=O)OCc1ccccc1. The van der Waals surface area contributed by atoms with E-state index in [-0.39, 0.29) is 6.61 Å². The van der Waals surface area contributed by atoms with Gasteiger partial charge in [-0.1, -0.05) is 49.8 Å². The van der Waals surface area contributed by atoms with Crippen molar-refractivity contribution in [2.75, 3.05) is 13.0 Å². The minimum atomic E-state index is -0.833. The van der Waals surface area contributed by atoms with Gasteiger partial charge >= 0.3 is 12.2 Å². The molecule has 0 spiro atoms. The van der Waals surface area contributed by atoms with Gasteiger partial charge in [-0.2, -0.15) is 0 Å². The Kier molecular flexibility index (Phi) is 11.0. The number of alkyl carbamates (subject to hydrolysis) is 1. The van der Waals surface area contributed by atoms with Crippen molar-refractivity contribution in [1.82, 2.24) is 5.32 Å². The van der Waals surface area contributed by atoms with Crippen LogP contribution in [-0.2, 0) is 20.8 Å². The molecule has 0 fully saturated rings. The Labute approximate surface area is 159 Å². The van der Waals surface area contributed by atoms with Gasteiger partial charge in [0.1, 0.15) is 12.7 Å². The van der Waals surface area contributed by atoms with Crippen molar-refractivity contribution < 1.29 is 23.8 Å². The predicted octanol–water partition coefficient (Wildman–Crippen LogP) is 4.42. The number of hydrogen-bond donors (Lipinski definition) is 1. The molecule has 26 heavy (non-hydrogen) atoms. The molecule has 0 heterocycles. The van der Waals surface area contributed by atoms with Crippen LogP contribution in [0.15, 0.2) is 43.0 Å². The van der Waals surface area contributed by atoms with Gasteiger partial charge in [0.2, 0.25) is 0 Å². The highest BCUT2D eigenvalue weighted by Crippen LogP contribution is 2.13. The molecule has 0 saturated heterocycles. The highest BCUT2D eigenvalue weighted by Gasteiger charge is 2.25. The monoisotopic (exact) mass is 383 g/mol. The highest BCUT2D eigenvalue weighted by atomic mass is 35.5. The van der Waals surface area contributed by atoms with Crippen LogP contribution < -0.4 is 5.32 Å². The summed E-state index contributed by atoms with van der Waals surface area (Å²) in [5.74, 6) is 0.584. The highest BCUT2D eigenvalue weighted by molar-refractivity contribution is 6.17. The molecule has 1 aromatic rings. The van der Waals surface area contributed by atoms with E-state index in [4.69, 9.17) is 21.1 Å². The summed E-state index contributed by atoms with van der Waals surface area (Å²) < 4.78 is 14.9. The topological polar surface area (TPSA) is 73.9 Å². The molecular formula is C19H26ClNO5. The molecular weight excluding hydrogens is 358 g/mol. The van der Waals surface area contributed by atoms with Crippen LogP contribution in [0.5, 0.6) is 0 Å². The summed E-state index contributed by atoms with van der Waals surface area (Å²) in [6.07, 6.45) is 2.50. The second-order valence-electron chi connectivity index (χ2n) is 5.62. The lowest BCUT2D eigenvalue weighted by atomic mass is 10.0. The first-order valence-corrected chi connectivity index (χ1v) is 9.04. The number of hydrogen-bond acceptors (Lipinski definition) is 5. The first kappa shape index (κ1) is 21.8. The summed E-state index contributed by atoms with van der Waals surface area (Å²) in [7, 11) is 1.22. The summed E-state index contributed by atoms with van der Waals surface area (Å²) in [5, 5.41) is 2.75. The zero-order valence-electron chi connectivity index (χ0n) is 15.0. The number of rotatable bonds is 11. The number of amides is 1. The van der Waals surface area contributed by atoms with Crippen molar-refractivity contribution in [3.05, 3.63) is 48.6 Å². The van der Waals surface area contributed by atoms with Crippen LogP contribution in [0, 0.1) is 0 Å². The minimum Gasteiger partial charge on any atom is -0.445 e. The largest absolute Gasteiger partial charge is 0.508 e. The van der Waals surface area contributed by atoms with Gasteiger partial charge in [-0.3, -0.25) is 0 Å². The fourth-order valence-corrected chi connectivity index (χ4v) is 2.51. The minimum absolute atomic E-state index is 0.155. The average Bonchev–Trinajstić information content (AvgIpc) is 2.67. The molecule has 1 amide bonds. The van der Waals surface area contributed by atoms with Crippen molar-refractivity contribution in [1.29, 1.82) is 0 Å². The smallest absolute Gasteiger partial charge is 0.445 e. The number of benzene rings is 1. The van der Waals surface area contributed by atoms with Crippen LogP contribution in [-0.4, -0.2) is 37.4 Å². The van der Waals surface area contributed by atoms with Gasteiger partial charge in [0.25, 0.3) is 0 Å². The van der Waals surface area contributed by atoms with Crippen LogP contribution in [0.3, 0.4) is 0 Å². The number of ether oxygens (including phenoxy) is 3. The number of alkyl halides is 1. The molecule has 0 saturated carbocycles. The molecule has 0 aliphatic heterocycles. The van der Waals surface area contributed by atoms with E-state index in [1.165, 1.54) is 13.2 Å². The van der Waals surface area contributed by atoms with Gasteiger partial charge in [-0.05, 0) is 24.5 Å². The number of carbonyl (C=O) groups is 2. The first-order chi connectivity index (χ1) is 12.6. The fourth-order valence-electron chi connectivity index (χ4n) is 2.32. The molecule has 0 radical (unpaired) electrons. The third kappa shape index (κ3) is 8.76. The summed E-state index contributed by atoms with van der Waals surface area (Å²) in [4.78, 5) is 23.5. The Morgan fingerprint density at radius 1 is 1.23 bits per heavy atom. The van der Waals surface area contributed by atoms with E-state index in [1.54, 1.807) is 0 Å². The lowest BCUT2D eigenvalue weighted by Gasteiger charge is -2.25. The molecule has 0 aromatic heterocycles. The van der Waals surface area contributed by atoms with Crippen LogP contribution in [0.4, 0.5) is 9.59 Å². The van der Waals surface area contributed by atoms with Gasteiger partial charge < -0.3 is 19.5 Å². The molecule has 6 nitrogen and oxygen atoms in total. The Balaban J connectivity index is 2.61. The summed E-state index contributed by atoms with van der Waals surface area (Å²) >= 11 is 5.69. The van der Waals surface area contributed by atoms with Crippen molar-refractivity contribution in [3.8, 4) is 0 Å². The van der Waals surface area contributed by atoms with E-state index in [9.17, 15) is 9.59 Å². The number of unbranched alkanes of at least 4 members (excludes halogenated alkanes) is 2. The maximum absolute atomic E-state index is 12.1. The Bertz CT molecular complexity index is 552. The number of carbonyl (C=O) groups excluding carboxylic acids is 2. The van der Waals surface area contributed by atoms with Crippen LogP contribution in [0.25, 0.3) is 0 Å². The van der Waals surface area contributed by atoms with Crippen molar-refractivity contribution in [2.24, 2.45) is 0 Å². The normalized spacial score (nSPS) is 12.5. The molecule has 1 N–H and O–H groups in total. The van der Waals surface area contributed by atoms with Crippen LogP contribution in [0.1, 0.15) is 31.2 Å². The maximum Gasteiger partial charge on any atom is 0.508 e. The van der Waals surface area contributed by atoms with Crippen molar-refractivity contribution in [3.63, 3.8) is 0 Å². The van der Waals surface area contributed by atoms with Gasteiger partial charge in [0.15, 0.2) is 0 Å². The number of methoxy groups -OCH3 is 1. The van der Waals surface area contributed by atoms with E-state index in [0.29, 0.717) is 12.3 Å². The zero-order chi connectivity index (χ0) is 19.2. The third-order valence-electron chi connectivity index (χ3n) is 3.69. The van der Waals surface area contributed by atoms with Crippen LogP contribution in [0.2, 0.25) is 0 Å². The van der Waals surface area contributed by atoms with E-state index >= 15 is 0 Å². The van der Waals surface area contributed by atoms with Crippen molar-refractivity contribution in [2.45, 2.75) is 44.4 Å². The predicted molar refractivity (Wildman–Crippen MR) is 100 cm³/mol. The standard InChI is InChI=1S/C19H26ClNO5/c1-3-17(26-19(23)24-2)16(12-8-5-9-13-20)21-18(22)25-14-15-10-6-4-7-11-15/h3-4,6-7,10-11,16-17H,1,5,8-9,12-14H2,2H3,(H,21,22)/t16-,17+/m1/s1. The third-order valence-corrected chi connectivity index (χ3v) is 3.96. The summed E-state index contributed by atoms with van der Waals surface area (Å²) in [5.41, 5.74) is 0.882. The molecule has 0 aliphatic carbocycles. The van der Waals surface area contributed by atoms with Gasteiger partial charge in [-0.15, -0.1) is 11.6 Å². The summed E-state index contributed by atoms with van der Waals surface area (Å²) in [6.45, 7) is 3.82. The van der Waals surface area contributed by atoms with E-state index < -0.39 is 24.4 Å². The first-order valence-electron chi connectivity index (χ1n) is 8.51. The molecule has 0 aliphatic rings. The number of halogens is 1. The molecule has 1 aromatic carbocycles. The number of nitrogens with one attached hydrogen (secondary N) is 1. The lowest BCUT2D eigenvalue weighted by Crippen LogP contribution is -2.44. The Morgan fingerprint density at radius 3 is 2.58 bits per heavy atom. The molecule has 7 heteroatoms. The van der Waals surface area contributed by atoms with E-state index in [2.05, 4.69) is 16.6 Å². The molecule has 2 atom stereocenters. The second kappa shape index (κ2) is 13.1. The maximum atomic E-state index is 12.1. The van der Waals surface area contributed by atoms with E-state index in [1.807, 2.05) is 30.3 Å². The fraction of sp³-hybridized carbons (Fsp3) is 0.474. The Hall–Kier alpha value is -2.21. The van der Waals surface area contributed by atoms with Gasteiger partial charge in [0, 0.05) is 5.88 Å². The zero-order valence-corrected chi connectivity index (χ0v) is 15.7. The average molecular weight is 384 g/mol. The van der Waals surface area contributed by atoms with Crippen molar-refractivity contribution >= 4 is 23.8 Å². The quantitative estimate of drug-likeness (QED) is 0.265. The molecule has 144 valence electrons. The van der Waals surface area contributed by atoms with E-state index in [0.717, 1.165) is 24.8 Å².